The molecule has 0 aliphatic heterocycles. The van der Waals surface area contributed by atoms with Gasteiger partial charge in [-0.3, -0.25) is 4.79 Å². The molecule has 0 atom stereocenters. The minimum absolute atomic E-state index is 0.0390. The average molecular weight is 276 g/mol. The fraction of sp³-hybridized carbons (Fsp3) is 0.231. The van der Waals surface area contributed by atoms with Gasteiger partial charge in [0.25, 0.3) is 0 Å². The molecule has 0 saturated heterocycles. The van der Waals surface area contributed by atoms with Crippen molar-refractivity contribution in [3.8, 4) is 11.4 Å². The molecule has 7 heteroatoms. The Balaban J connectivity index is 2.32. The number of rotatable bonds is 5. The predicted molar refractivity (Wildman–Crippen MR) is 74.9 cm³/mol. The Morgan fingerprint density at radius 2 is 2.00 bits per heavy atom. The minimum atomic E-state index is -0.902. The lowest BCUT2D eigenvalue weighted by Crippen LogP contribution is -2.04. The second kappa shape index (κ2) is 5.52. The molecule has 0 fully saturated rings. The summed E-state index contributed by atoms with van der Waals surface area (Å²) in [5.41, 5.74) is 13.1. The molecule has 0 amide bonds. The van der Waals surface area contributed by atoms with Gasteiger partial charge in [-0.1, -0.05) is 0 Å². The summed E-state index contributed by atoms with van der Waals surface area (Å²) in [6, 6.07) is 7.15. The van der Waals surface area contributed by atoms with E-state index in [2.05, 4.69) is 5.10 Å². The zero-order valence-electron chi connectivity index (χ0n) is 11.0. The van der Waals surface area contributed by atoms with Crippen molar-refractivity contribution in [3.63, 3.8) is 0 Å². The SMILES string of the molecule is COc1ccc(-n2nc(N)c(CCC(=O)O)c2N)cc1. The number of benzene rings is 1. The van der Waals surface area contributed by atoms with Crippen LogP contribution in [0.1, 0.15) is 12.0 Å². The number of anilines is 2. The summed E-state index contributed by atoms with van der Waals surface area (Å²) in [5, 5.41) is 12.9. The molecule has 0 radical (unpaired) electrons. The molecule has 0 spiro atoms. The van der Waals surface area contributed by atoms with Gasteiger partial charge >= 0.3 is 5.97 Å². The van der Waals surface area contributed by atoms with Gasteiger partial charge in [0.1, 0.15) is 11.6 Å². The van der Waals surface area contributed by atoms with Crippen LogP contribution >= 0.6 is 0 Å². The Labute approximate surface area is 115 Å². The Kier molecular flexibility index (Phi) is 3.79. The lowest BCUT2D eigenvalue weighted by molar-refractivity contribution is -0.136. The predicted octanol–water partition coefficient (Wildman–Crippen LogP) is 1.06. The van der Waals surface area contributed by atoms with Crippen LogP contribution in [0.5, 0.6) is 5.75 Å². The number of carbonyl (C=O) groups is 1. The number of carboxylic acid groups (broad SMARTS) is 1. The van der Waals surface area contributed by atoms with E-state index in [9.17, 15) is 4.79 Å². The van der Waals surface area contributed by atoms with Crippen LogP contribution in [0.3, 0.4) is 0 Å². The second-order valence-electron chi connectivity index (χ2n) is 4.25. The summed E-state index contributed by atoms with van der Waals surface area (Å²) in [7, 11) is 1.58. The summed E-state index contributed by atoms with van der Waals surface area (Å²) in [5.74, 6) is 0.424. The standard InChI is InChI=1S/C13H16N4O3/c1-20-9-4-2-8(3-5-9)17-13(15)10(12(14)16-17)6-7-11(18)19/h2-5H,6-7,15H2,1H3,(H2,14,16)(H,18,19). The molecule has 7 nitrogen and oxygen atoms in total. The highest BCUT2D eigenvalue weighted by molar-refractivity contribution is 5.68. The molecule has 0 aliphatic carbocycles. The molecular weight excluding hydrogens is 260 g/mol. The molecular formula is C13H16N4O3. The van der Waals surface area contributed by atoms with Gasteiger partial charge in [0.05, 0.1) is 12.8 Å². The lowest BCUT2D eigenvalue weighted by Gasteiger charge is -2.06. The fourth-order valence-corrected chi connectivity index (χ4v) is 1.89. The zero-order valence-corrected chi connectivity index (χ0v) is 11.0. The van der Waals surface area contributed by atoms with Crippen molar-refractivity contribution in [2.75, 3.05) is 18.6 Å². The van der Waals surface area contributed by atoms with Gasteiger partial charge in [-0.15, -0.1) is 5.10 Å². The number of nitrogen functional groups attached to an aromatic ring is 2. The number of carboxylic acids is 1. The van der Waals surface area contributed by atoms with Crippen molar-refractivity contribution < 1.29 is 14.6 Å². The lowest BCUT2D eigenvalue weighted by atomic mass is 10.1. The van der Waals surface area contributed by atoms with Crippen molar-refractivity contribution in [1.82, 2.24) is 9.78 Å². The summed E-state index contributed by atoms with van der Waals surface area (Å²) in [6.45, 7) is 0. The molecule has 0 unspecified atom stereocenters. The van der Waals surface area contributed by atoms with Crippen molar-refractivity contribution in [2.24, 2.45) is 0 Å². The highest BCUT2D eigenvalue weighted by Crippen LogP contribution is 2.25. The molecule has 2 rings (SSSR count). The number of hydrogen-bond donors (Lipinski definition) is 3. The topological polar surface area (TPSA) is 116 Å². The number of nitrogens with zero attached hydrogens (tertiary/aromatic N) is 2. The van der Waals surface area contributed by atoms with E-state index in [1.54, 1.807) is 31.4 Å². The number of methoxy groups -OCH3 is 1. The Morgan fingerprint density at radius 3 is 2.55 bits per heavy atom. The molecule has 1 aromatic carbocycles. The molecule has 0 aliphatic rings. The van der Waals surface area contributed by atoms with E-state index in [1.807, 2.05) is 0 Å². The largest absolute Gasteiger partial charge is 0.497 e. The van der Waals surface area contributed by atoms with E-state index in [4.69, 9.17) is 21.3 Å². The molecule has 0 bridgehead atoms. The molecule has 1 aromatic heterocycles. The maximum Gasteiger partial charge on any atom is 0.303 e. The van der Waals surface area contributed by atoms with E-state index in [1.165, 1.54) is 4.68 Å². The van der Waals surface area contributed by atoms with E-state index in [-0.39, 0.29) is 18.7 Å². The number of nitrogens with two attached hydrogens (primary N) is 2. The molecule has 0 saturated carbocycles. The number of ether oxygens (including phenoxy) is 1. The molecule has 5 N–H and O–H groups in total. The van der Waals surface area contributed by atoms with E-state index < -0.39 is 5.97 Å². The molecule has 2 aromatic rings. The fourth-order valence-electron chi connectivity index (χ4n) is 1.89. The first-order valence-corrected chi connectivity index (χ1v) is 6.02. The van der Waals surface area contributed by atoms with Crippen LogP contribution in [-0.4, -0.2) is 28.0 Å². The second-order valence-corrected chi connectivity index (χ2v) is 4.25. The average Bonchev–Trinajstić information content (AvgIpc) is 2.72. The smallest absolute Gasteiger partial charge is 0.303 e. The van der Waals surface area contributed by atoms with Crippen molar-refractivity contribution >= 4 is 17.6 Å². The highest BCUT2D eigenvalue weighted by Gasteiger charge is 2.15. The Bertz CT molecular complexity index is 619. The maximum atomic E-state index is 10.6. The van der Waals surface area contributed by atoms with Crippen LogP contribution in [0.4, 0.5) is 11.6 Å². The van der Waals surface area contributed by atoms with Gasteiger partial charge in [0, 0.05) is 12.0 Å². The van der Waals surface area contributed by atoms with Crippen LogP contribution in [0.15, 0.2) is 24.3 Å². The van der Waals surface area contributed by atoms with Crippen LogP contribution in [0.25, 0.3) is 5.69 Å². The van der Waals surface area contributed by atoms with Gasteiger partial charge in [0.15, 0.2) is 5.82 Å². The Hall–Kier alpha value is -2.70. The summed E-state index contributed by atoms with van der Waals surface area (Å²) in [4.78, 5) is 10.6. The summed E-state index contributed by atoms with van der Waals surface area (Å²) < 4.78 is 6.57. The van der Waals surface area contributed by atoms with Gasteiger partial charge in [-0.25, -0.2) is 4.68 Å². The van der Waals surface area contributed by atoms with Gasteiger partial charge in [-0.05, 0) is 30.7 Å². The first-order chi connectivity index (χ1) is 9.52. The molecule has 1 heterocycles. The Morgan fingerprint density at radius 1 is 1.35 bits per heavy atom. The first kappa shape index (κ1) is 13.7. The van der Waals surface area contributed by atoms with Crippen molar-refractivity contribution in [3.05, 3.63) is 29.8 Å². The van der Waals surface area contributed by atoms with Crippen LogP contribution in [-0.2, 0) is 11.2 Å². The third kappa shape index (κ3) is 2.66. The summed E-state index contributed by atoms with van der Waals surface area (Å²) in [6.07, 6.45) is 0.214. The van der Waals surface area contributed by atoms with Crippen molar-refractivity contribution in [2.45, 2.75) is 12.8 Å². The van der Waals surface area contributed by atoms with Crippen molar-refractivity contribution in [1.29, 1.82) is 0 Å². The van der Waals surface area contributed by atoms with Gasteiger partial charge in [-0.2, -0.15) is 0 Å². The number of hydrogen-bond acceptors (Lipinski definition) is 5. The first-order valence-electron chi connectivity index (χ1n) is 6.02. The van der Waals surface area contributed by atoms with Gasteiger partial charge in [0.2, 0.25) is 0 Å². The summed E-state index contributed by atoms with van der Waals surface area (Å²) >= 11 is 0. The molecule has 106 valence electrons. The normalized spacial score (nSPS) is 10.4. The van der Waals surface area contributed by atoms with Gasteiger partial charge < -0.3 is 21.3 Å². The number of aliphatic carboxylic acids is 1. The highest BCUT2D eigenvalue weighted by atomic mass is 16.5. The van der Waals surface area contributed by atoms with E-state index >= 15 is 0 Å². The minimum Gasteiger partial charge on any atom is -0.497 e. The molecule has 20 heavy (non-hydrogen) atoms. The van der Waals surface area contributed by atoms with E-state index in [0.29, 0.717) is 11.4 Å². The monoisotopic (exact) mass is 276 g/mol. The third-order valence-corrected chi connectivity index (χ3v) is 2.96. The van der Waals surface area contributed by atoms with Crippen LogP contribution < -0.4 is 16.2 Å². The van der Waals surface area contributed by atoms with E-state index in [0.717, 1.165) is 11.4 Å². The number of aromatic nitrogens is 2. The van der Waals surface area contributed by atoms with Crippen LogP contribution in [0.2, 0.25) is 0 Å². The zero-order chi connectivity index (χ0) is 14.7. The van der Waals surface area contributed by atoms with Crippen LogP contribution in [0, 0.1) is 0 Å². The third-order valence-electron chi connectivity index (χ3n) is 2.96. The maximum absolute atomic E-state index is 10.6. The quantitative estimate of drug-likeness (QED) is 0.752.